The number of carboxylic acid groups (broad SMARTS) is 1. The molecule has 0 spiro atoms. The van der Waals surface area contributed by atoms with Crippen LogP contribution in [0.25, 0.3) is 0 Å². The Kier molecular flexibility index (Phi) is 3.31. The fourth-order valence-corrected chi connectivity index (χ4v) is 2.18. The molecular weight excluding hydrogens is 208 g/mol. The number of nitrogens with one attached hydrogen (secondary N) is 1. The molecule has 1 atom stereocenters. The summed E-state index contributed by atoms with van der Waals surface area (Å²) in [4.78, 5) is 24.3. The fourth-order valence-electron chi connectivity index (χ4n) is 2.18. The van der Waals surface area contributed by atoms with Crippen molar-refractivity contribution in [2.45, 2.75) is 38.1 Å². The Hall–Kier alpha value is -1.26. The zero-order valence-electron chi connectivity index (χ0n) is 9.32. The van der Waals surface area contributed by atoms with Crippen LogP contribution >= 0.6 is 0 Å². The van der Waals surface area contributed by atoms with E-state index in [4.69, 9.17) is 5.11 Å². The zero-order valence-corrected chi connectivity index (χ0v) is 9.32. The predicted octanol–water partition coefficient (Wildman–Crippen LogP) is 1.05. The molecule has 0 aromatic carbocycles. The number of piperidine rings is 1. The van der Waals surface area contributed by atoms with Crippen molar-refractivity contribution in [3.63, 3.8) is 0 Å². The Morgan fingerprint density at radius 1 is 1.19 bits per heavy atom. The van der Waals surface area contributed by atoms with Crippen molar-refractivity contribution in [2.75, 3.05) is 13.1 Å². The van der Waals surface area contributed by atoms with Crippen molar-refractivity contribution in [2.24, 2.45) is 5.92 Å². The third kappa shape index (κ3) is 2.46. The fraction of sp³-hybridized carbons (Fsp3) is 0.818. The molecule has 1 aliphatic carbocycles. The number of hydrogen-bond donors (Lipinski definition) is 2. The highest BCUT2D eigenvalue weighted by Gasteiger charge is 2.29. The zero-order chi connectivity index (χ0) is 11.5. The molecule has 0 unspecified atom stereocenters. The van der Waals surface area contributed by atoms with Gasteiger partial charge in [-0.2, -0.15) is 0 Å². The van der Waals surface area contributed by atoms with Crippen molar-refractivity contribution in [1.29, 1.82) is 0 Å². The Morgan fingerprint density at radius 3 is 2.50 bits per heavy atom. The average Bonchev–Trinajstić information content (AvgIpc) is 2.23. The Morgan fingerprint density at radius 2 is 1.94 bits per heavy atom. The normalized spacial score (nSPS) is 26.0. The van der Waals surface area contributed by atoms with Crippen molar-refractivity contribution in [1.82, 2.24) is 10.2 Å². The highest BCUT2D eigenvalue weighted by molar-refractivity contribution is 5.76. The van der Waals surface area contributed by atoms with Crippen LogP contribution in [-0.2, 0) is 4.79 Å². The summed E-state index contributed by atoms with van der Waals surface area (Å²) in [7, 11) is 0. The van der Waals surface area contributed by atoms with Crippen molar-refractivity contribution < 1.29 is 14.7 Å². The topological polar surface area (TPSA) is 69.6 Å². The van der Waals surface area contributed by atoms with Gasteiger partial charge in [-0.05, 0) is 32.1 Å². The molecule has 0 bridgehead atoms. The van der Waals surface area contributed by atoms with Crippen LogP contribution in [0.2, 0.25) is 0 Å². The maximum Gasteiger partial charge on any atom is 0.317 e. The van der Waals surface area contributed by atoms with Gasteiger partial charge in [0, 0.05) is 19.1 Å². The first-order valence-electron chi connectivity index (χ1n) is 5.95. The summed E-state index contributed by atoms with van der Waals surface area (Å²) >= 11 is 0. The van der Waals surface area contributed by atoms with Crippen molar-refractivity contribution in [3.05, 3.63) is 0 Å². The van der Waals surface area contributed by atoms with Crippen molar-refractivity contribution in [3.8, 4) is 0 Å². The van der Waals surface area contributed by atoms with E-state index in [1.54, 1.807) is 4.90 Å². The van der Waals surface area contributed by atoms with Gasteiger partial charge in [-0.25, -0.2) is 4.79 Å². The van der Waals surface area contributed by atoms with Crippen LogP contribution in [0.5, 0.6) is 0 Å². The van der Waals surface area contributed by atoms with Crippen LogP contribution < -0.4 is 5.32 Å². The lowest BCUT2D eigenvalue weighted by Gasteiger charge is -2.34. The molecule has 1 saturated carbocycles. The molecular formula is C11H18N2O3. The molecule has 5 heteroatoms. The second-order valence-electron chi connectivity index (χ2n) is 4.70. The quantitative estimate of drug-likeness (QED) is 0.739. The maximum atomic E-state index is 11.8. The number of nitrogens with zero attached hydrogens (tertiary/aromatic N) is 1. The molecule has 2 amide bonds. The van der Waals surface area contributed by atoms with E-state index < -0.39 is 5.97 Å². The highest BCUT2D eigenvalue weighted by Crippen LogP contribution is 2.20. The minimum Gasteiger partial charge on any atom is -0.481 e. The molecule has 2 aliphatic rings. The molecule has 0 aromatic rings. The van der Waals surface area contributed by atoms with Gasteiger partial charge in [0.1, 0.15) is 0 Å². The van der Waals surface area contributed by atoms with E-state index >= 15 is 0 Å². The Bertz CT molecular complexity index is 289. The number of aliphatic carboxylic acids is 1. The van der Waals surface area contributed by atoms with Gasteiger partial charge in [0.25, 0.3) is 0 Å². The summed E-state index contributed by atoms with van der Waals surface area (Å²) in [6.07, 6.45) is 4.77. The van der Waals surface area contributed by atoms with Gasteiger partial charge in [-0.3, -0.25) is 4.79 Å². The van der Waals surface area contributed by atoms with Crippen LogP contribution in [0, 0.1) is 5.92 Å². The molecule has 1 aliphatic heterocycles. The summed E-state index contributed by atoms with van der Waals surface area (Å²) in [6.45, 7) is 1.04. The maximum absolute atomic E-state index is 11.8. The van der Waals surface area contributed by atoms with E-state index in [9.17, 15) is 9.59 Å². The van der Waals surface area contributed by atoms with Gasteiger partial charge in [0.15, 0.2) is 0 Å². The molecule has 2 N–H and O–H groups in total. The molecule has 5 nitrogen and oxygen atoms in total. The van der Waals surface area contributed by atoms with Gasteiger partial charge in [-0.1, -0.05) is 0 Å². The second kappa shape index (κ2) is 4.72. The number of carbonyl (C=O) groups excluding carboxylic acids is 1. The van der Waals surface area contributed by atoms with Crippen LogP contribution in [0.1, 0.15) is 32.1 Å². The highest BCUT2D eigenvalue weighted by atomic mass is 16.4. The van der Waals surface area contributed by atoms with E-state index in [1.165, 1.54) is 6.42 Å². The van der Waals surface area contributed by atoms with Gasteiger partial charge >= 0.3 is 12.0 Å². The molecule has 2 rings (SSSR count). The Labute approximate surface area is 94.8 Å². The van der Waals surface area contributed by atoms with Gasteiger partial charge in [0.2, 0.25) is 0 Å². The SMILES string of the molecule is O=C(O)[C@H]1CCCN(C(=O)NC2CCC2)C1. The van der Waals surface area contributed by atoms with E-state index in [1.807, 2.05) is 0 Å². The van der Waals surface area contributed by atoms with Gasteiger partial charge < -0.3 is 15.3 Å². The molecule has 1 saturated heterocycles. The van der Waals surface area contributed by atoms with Crippen LogP contribution in [0.15, 0.2) is 0 Å². The lowest BCUT2D eigenvalue weighted by Crippen LogP contribution is -2.51. The lowest BCUT2D eigenvalue weighted by molar-refractivity contribution is -0.143. The first-order valence-corrected chi connectivity index (χ1v) is 5.95. The standard InChI is InChI=1S/C11H18N2O3/c14-10(15)8-3-2-6-13(7-8)11(16)12-9-4-1-5-9/h8-9H,1-7H2,(H,12,16)(H,14,15)/t8-/m0/s1. The molecule has 90 valence electrons. The van der Waals surface area contributed by atoms with Gasteiger partial charge in [0.05, 0.1) is 5.92 Å². The third-order valence-electron chi connectivity index (χ3n) is 3.49. The second-order valence-corrected chi connectivity index (χ2v) is 4.70. The van der Waals surface area contributed by atoms with Crippen LogP contribution in [0.3, 0.4) is 0 Å². The monoisotopic (exact) mass is 226 g/mol. The minimum absolute atomic E-state index is 0.0874. The average molecular weight is 226 g/mol. The number of likely N-dealkylation sites (tertiary alicyclic amines) is 1. The first kappa shape index (κ1) is 11.2. The van der Waals surface area contributed by atoms with E-state index in [-0.39, 0.29) is 11.9 Å². The molecule has 2 fully saturated rings. The number of carboxylic acids is 1. The number of carbonyl (C=O) groups is 2. The van der Waals surface area contributed by atoms with Crippen molar-refractivity contribution >= 4 is 12.0 Å². The predicted molar refractivity (Wildman–Crippen MR) is 58.1 cm³/mol. The number of rotatable bonds is 2. The first-order chi connectivity index (χ1) is 7.66. The third-order valence-corrected chi connectivity index (χ3v) is 3.49. The minimum atomic E-state index is -0.791. The lowest BCUT2D eigenvalue weighted by atomic mass is 9.93. The number of urea groups is 1. The van der Waals surface area contributed by atoms with E-state index in [2.05, 4.69) is 5.32 Å². The smallest absolute Gasteiger partial charge is 0.317 e. The number of hydrogen-bond acceptors (Lipinski definition) is 2. The van der Waals surface area contributed by atoms with Gasteiger partial charge in [-0.15, -0.1) is 0 Å². The summed E-state index contributed by atoms with van der Waals surface area (Å²) in [5, 5.41) is 11.9. The summed E-state index contributed by atoms with van der Waals surface area (Å²) in [6, 6.07) is 0.230. The summed E-state index contributed by atoms with van der Waals surface area (Å²) in [5.41, 5.74) is 0. The largest absolute Gasteiger partial charge is 0.481 e. The van der Waals surface area contributed by atoms with Crippen LogP contribution in [0.4, 0.5) is 4.79 Å². The number of amides is 2. The molecule has 0 aromatic heterocycles. The molecule has 16 heavy (non-hydrogen) atoms. The molecule has 0 radical (unpaired) electrons. The van der Waals surface area contributed by atoms with E-state index in [0.29, 0.717) is 25.6 Å². The summed E-state index contributed by atoms with van der Waals surface area (Å²) < 4.78 is 0. The Balaban J connectivity index is 1.83. The summed E-state index contributed by atoms with van der Waals surface area (Å²) in [5.74, 6) is -1.18. The van der Waals surface area contributed by atoms with Crippen LogP contribution in [-0.4, -0.2) is 41.1 Å². The molecule has 1 heterocycles. The van der Waals surface area contributed by atoms with E-state index in [0.717, 1.165) is 19.3 Å².